The summed E-state index contributed by atoms with van der Waals surface area (Å²) in [6.07, 6.45) is 3.00. The summed E-state index contributed by atoms with van der Waals surface area (Å²) in [7, 11) is 0. The fourth-order valence-corrected chi connectivity index (χ4v) is 4.30. The SMILES string of the molecule is CSCC[C@H](NC=O)C(=O)N[C@@H](CC(C)C)C(=O)N[C@@H](Cc1ccccc1)C(=O)NC(=O)c1ccccc1F. The van der Waals surface area contributed by atoms with Crippen molar-refractivity contribution in [3.63, 3.8) is 0 Å². The molecule has 2 aromatic carbocycles. The third-order valence-corrected chi connectivity index (χ3v) is 6.45. The molecule has 0 radical (unpaired) electrons. The Labute approximate surface area is 232 Å². The molecule has 0 unspecified atom stereocenters. The lowest BCUT2D eigenvalue weighted by Gasteiger charge is -2.26. The van der Waals surface area contributed by atoms with Crippen molar-refractivity contribution >= 4 is 41.8 Å². The summed E-state index contributed by atoms with van der Waals surface area (Å²) in [6, 6.07) is 11.1. The highest BCUT2D eigenvalue weighted by Gasteiger charge is 2.30. The van der Waals surface area contributed by atoms with Crippen LogP contribution in [0.1, 0.15) is 42.6 Å². The number of halogens is 1. The van der Waals surface area contributed by atoms with Crippen molar-refractivity contribution in [2.45, 2.75) is 51.2 Å². The first-order valence-electron chi connectivity index (χ1n) is 12.6. The highest BCUT2D eigenvalue weighted by Crippen LogP contribution is 2.11. The molecule has 0 fully saturated rings. The molecule has 5 amide bonds. The fourth-order valence-electron chi connectivity index (χ4n) is 3.83. The second kappa shape index (κ2) is 16.3. The fraction of sp³-hybridized carbons (Fsp3) is 0.393. The average molecular weight is 559 g/mol. The number of rotatable bonds is 15. The Morgan fingerprint density at radius 2 is 1.49 bits per heavy atom. The number of benzene rings is 2. The zero-order chi connectivity index (χ0) is 28.8. The van der Waals surface area contributed by atoms with E-state index in [9.17, 15) is 28.4 Å². The maximum atomic E-state index is 14.1. The van der Waals surface area contributed by atoms with Crippen LogP contribution in [0.15, 0.2) is 54.6 Å². The molecule has 4 N–H and O–H groups in total. The normalized spacial score (nSPS) is 13.1. The molecule has 210 valence electrons. The number of hydrogen-bond donors (Lipinski definition) is 4. The van der Waals surface area contributed by atoms with E-state index in [0.717, 1.165) is 6.07 Å². The Balaban J connectivity index is 2.24. The molecule has 0 heterocycles. The molecule has 0 aliphatic rings. The number of hydrogen-bond acceptors (Lipinski definition) is 6. The van der Waals surface area contributed by atoms with Crippen LogP contribution in [-0.4, -0.2) is 60.2 Å². The van der Waals surface area contributed by atoms with Gasteiger partial charge in [0, 0.05) is 6.42 Å². The first-order valence-corrected chi connectivity index (χ1v) is 14.0. The van der Waals surface area contributed by atoms with Crippen LogP contribution in [-0.2, 0) is 25.6 Å². The number of amides is 5. The molecule has 3 atom stereocenters. The van der Waals surface area contributed by atoms with Gasteiger partial charge in [-0.3, -0.25) is 29.3 Å². The van der Waals surface area contributed by atoms with Gasteiger partial charge in [0.2, 0.25) is 24.1 Å². The second-order valence-electron chi connectivity index (χ2n) is 9.36. The highest BCUT2D eigenvalue weighted by atomic mass is 32.2. The first-order chi connectivity index (χ1) is 18.7. The Morgan fingerprint density at radius 1 is 0.872 bits per heavy atom. The lowest BCUT2D eigenvalue weighted by Crippen LogP contribution is -2.57. The van der Waals surface area contributed by atoms with E-state index in [-0.39, 0.29) is 24.3 Å². The van der Waals surface area contributed by atoms with Gasteiger partial charge in [-0.15, -0.1) is 0 Å². The lowest BCUT2D eigenvalue weighted by atomic mass is 10.0. The van der Waals surface area contributed by atoms with Crippen molar-refractivity contribution in [1.82, 2.24) is 21.3 Å². The van der Waals surface area contributed by atoms with E-state index in [2.05, 4.69) is 21.3 Å². The minimum Gasteiger partial charge on any atom is -0.347 e. The molecular weight excluding hydrogens is 523 g/mol. The van der Waals surface area contributed by atoms with Crippen LogP contribution >= 0.6 is 11.8 Å². The molecule has 0 spiro atoms. The summed E-state index contributed by atoms with van der Waals surface area (Å²) >= 11 is 1.51. The number of carbonyl (C=O) groups excluding carboxylic acids is 5. The first kappa shape index (κ1) is 31.5. The Hall–Kier alpha value is -3.73. The van der Waals surface area contributed by atoms with Crippen molar-refractivity contribution < 1.29 is 28.4 Å². The third kappa shape index (κ3) is 10.5. The summed E-state index contributed by atoms with van der Waals surface area (Å²) < 4.78 is 14.1. The van der Waals surface area contributed by atoms with Gasteiger partial charge in [0.15, 0.2) is 0 Å². The maximum absolute atomic E-state index is 14.1. The van der Waals surface area contributed by atoms with Crippen molar-refractivity contribution in [1.29, 1.82) is 0 Å². The number of nitrogens with one attached hydrogen (secondary N) is 4. The highest BCUT2D eigenvalue weighted by molar-refractivity contribution is 7.98. The van der Waals surface area contributed by atoms with E-state index < -0.39 is 47.6 Å². The van der Waals surface area contributed by atoms with Crippen molar-refractivity contribution in [2.24, 2.45) is 5.92 Å². The Kier molecular flexibility index (Phi) is 13.1. The molecule has 0 aliphatic heterocycles. The molecule has 2 aromatic rings. The Morgan fingerprint density at radius 3 is 2.10 bits per heavy atom. The van der Waals surface area contributed by atoms with Gasteiger partial charge in [-0.05, 0) is 48.5 Å². The van der Waals surface area contributed by atoms with E-state index in [4.69, 9.17) is 0 Å². The van der Waals surface area contributed by atoms with Crippen molar-refractivity contribution in [3.8, 4) is 0 Å². The minimum absolute atomic E-state index is 0.00811. The third-order valence-electron chi connectivity index (χ3n) is 5.81. The van der Waals surface area contributed by atoms with Crippen LogP contribution in [0.5, 0.6) is 0 Å². The van der Waals surface area contributed by atoms with Crippen molar-refractivity contribution in [2.75, 3.05) is 12.0 Å². The van der Waals surface area contributed by atoms with Gasteiger partial charge in [-0.2, -0.15) is 11.8 Å². The van der Waals surface area contributed by atoms with Crippen LogP contribution in [0.2, 0.25) is 0 Å². The Bertz CT molecular complexity index is 1130. The molecule has 0 saturated carbocycles. The second-order valence-corrected chi connectivity index (χ2v) is 10.3. The van der Waals surface area contributed by atoms with Crippen molar-refractivity contribution in [3.05, 3.63) is 71.5 Å². The van der Waals surface area contributed by atoms with E-state index in [1.807, 2.05) is 20.1 Å². The van der Waals surface area contributed by atoms with E-state index in [1.54, 1.807) is 30.3 Å². The summed E-state index contributed by atoms with van der Waals surface area (Å²) in [6.45, 7) is 3.76. The zero-order valence-electron chi connectivity index (χ0n) is 22.2. The standard InChI is InChI=1S/C28H35FN4O5S/c1-18(2)15-23(31-26(36)22(30-17-34)13-14-39-3)27(37)32-24(16-19-9-5-4-6-10-19)28(38)33-25(35)20-11-7-8-12-21(20)29/h4-12,17-18,22-24H,13-16H2,1-3H3,(H,30,34)(H,31,36)(H,32,37)(H,33,35,38)/t22-,23-,24-/m0/s1. The summed E-state index contributed by atoms with van der Waals surface area (Å²) in [5, 5.41) is 10.00. The maximum Gasteiger partial charge on any atom is 0.260 e. The molecular formula is C28H35FN4O5S. The quantitative estimate of drug-likeness (QED) is 0.248. The van der Waals surface area contributed by atoms with Gasteiger partial charge in [-0.25, -0.2) is 4.39 Å². The van der Waals surface area contributed by atoms with Crippen LogP contribution in [0.3, 0.4) is 0 Å². The van der Waals surface area contributed by atoms with Gasteiger partial charge in [0.1, 0.15) is 23.9 Å². The molecule has 11 heteroatoms. The summed E-state index contributed by atoms with van der Waals surface area (Å²) in [5.41, 5.74) is 0.410. The monoisotopic (exact) mass is 558 g/mol. The van der Waals surface area contributed by atoms with Crippen LogP contribution in [0.4, 0.5) is 4.39 Å². The number of carbonyl (C=O) groups is 5. The van der Waals surface area contributed by atoms with Crippen LogP contribution in [0, 0.1) is 11.7 Å². The number of thioether (sulfide) groups is 1. The van der Waals surface area contributed by atoms with E-state index in [0.29, 0.717) is 24.1 Å². The van der Waals surface area contributed by atoms with Gasteiger partial charge in [-0.1, -0.05) is 56.3 Å². The van der Waals surface area contributed by atoms with Crippen LogP contribution in [0.25, 0.3) is 0 Å². The molecule has 9 nitrogen and oxygen atoms in total. The van der Waals surface area contributed by atoms with Crippen LogP contribution < -0.4 is 21.3 Å². The molecule has 0 bridgehead atoms. The molecule has 39 heavy (non-hydrogen) atoms. The topological polar surface area (TPSA) is 133 Å². The van der Waals surface area contributed by atoms with E-state index >= 15 is 0 Å². The number of imide groups is 1. The predicted octanol–water partition coefficient (Wildman–Crippen LogP) is 2.21. The lowest BCUT2D eigenvalue weighted by molar-refractivity contribution is -0.133. The predicted molar refractivity (Wildman–Crippen MR) is 148 cm³/mol. The zero-order valence-corrected chi connectivity index (χ0v) is 23.1. The van der Waals surface area contributed by atoms with E-state index in [1.165, 1.54) is 30.0 Å². The molecule has 0 aromatic heterocycles. The van der Waals surface area contributed by atoms with Gasteiger partial charge in [0.25, 0.3) is 5.91 Å². The molecule has 0 aliphatic carbocycles. The molecule has 2 rings (SSSR count). The summed E-state index contributed by atoms with van der Waals surface area (Å²) in [4.78, 5) is 63.0. The average Bonchev–Trinajstić information content (AvgIpc) is 2.90. The smallest absolute Gasteiger partial charge is 0.260 e. The molecule has 0 saturated heterocycles. The van der Waals surface area contributed by atoms with Gasteiger partial charge < -0.3 is 16.0 Å². The summed E-state index contributed by atoms with van der Waals surface area (Å²) in [5.74, 6) is -3.06. The minimum atomic E-state index is -1.19. The largest absolute Gasteiger partial charge is 0.347 e. The van der Waals surface area contributed by atoms with Gasteiger partial charge in [0.05, 0.1) is 5.56 Å². The van der Waals surface area contributed by atoms with Gasteiger partial charge >= 0.3 is 0 Å².